The SMILES string of the molecule is Cc1cc(CNCC(F)(F)F)cc(C)c1O. The van der Waals surface area contributed by atoms with E-state index in [4.69, 9.17) is 0 Å². The minimum Gasteiger partial charge on any atom is -0.507 e. The molecular formula is C11H14F3NO. The van der Waals surface area contributed by atoms with Crippen LogP contribution in [0.15, 0.2) is 12.1 Å². The van der Waals surface area contributed by atoms with Gasteiger partial charge in [-0.05, 0) is 30.5 Å². The summed E-state index contributed by atoms with van der Waals surface area (Å²) in [6, 6.07) is 3.34. The Bertz CT molecular complexity index is 351. The summed E-state index contributed by atoms with van der Waals surface area (Å²) in [6.45, 7) is 2.57. The number of hydrogen-bond donors (Lipinski definition) is 2. The van der Waals surface area contributed by atoms with Crippen LogP contribution in [0.3, 0.4) is 0 Å². The third-order valence-corrected chi connectivity index (χ3v) is 2.21. The van der Waals surface area contributed by atoms with E-state index < -0.39 is 12.7 Å². The lowest BCUT2D eigenvalue weighted by atomic mass is 10.1. The molecule has 0 aliphatic rings. The highest BCUT2D eigenvalue weighted by Crippen LogP contribution is 2.23. The Morgan fingerprint density at radius 1 is 1.19 bits per heavy atom. The highest BCUT2D eigenvalue weighted by atomic mass is 19.4. The Kier molecular flexibility index (Phi) is 3.80. The molecule has 1 aromatic rings. The normalized spacial score (nSPS) is 11.8. The summed E-state index contributed by atoms with van der Waals surface area (Å²) in [7, 11) is 0. The van der Waals surface area contributed by atoms with E-state index in [2.05, 4.69) is 5.32 Å². The van der Waals surface area contributed by atoms with E-state index in [0.717, 1.165) is 5.56 Å². The first-order valence-corrected chi connectivity index (χ1v) is 4.86. The molecule has 0 saturated heterocycles. The van der Waals surface area contributed by atoms with Crippen molar-refractivity contribution in [3.63, 3.8) is 0 Å². The predicted octanol–water partition coefficient (Wildman–Crippen LogP) is 2.66. The molecule has 0 heterocycles. The summed E-state index contributed by atoms with van der Waals surface area (Å²) >= 11 is 0. The molecule has 2 N–H and O–H groups in total. The van der Waals surface area contributed by atoms with Crippen molar-refractivity contribution in [2.45, 2.75) is 26.6 Å². The van der Waals surface area contributed by atoms with Crippen molar-refractivity contribution < 1.29 is 18.3 Å². The monoisotopic (exact) mass is 233 g/mol. The van der Waals surface area contributed by atoms with Crippen LogP contribution in [0.25, 0.3) is 0 Å². The van der Waals surface area contributed by atoms with Crippen LogP contribution in [0.2, 0.25) is 0 Å². The number of aromatic hydroxyl groups is 1. The minimum absolute atomic E-state index is 0.140. The van der Waals surface area contributed by atoms with Gasteiger partial charge in [0.2, 0.25) is 0 Å². The van der Waals surface area contributed by atoms with Gasteiger partial charge in [-0.3, -0.25) is 0 Å². The Balaban J connectivity index is 2.62. The number of benzene rings is 1. The van der Waals surface area contributed by atoms with Crippen LogP contribution in [0, 0.1) is 13.8 Å². The molecule has 0 fully saturated rings. The smallest absolute Gasteiger partial charge is 0.401 e. The first-order chi connectivity index (χ1) is 7.29. The molecular weight excluding hydrogens is 219 g/mol. The average molecular weight is 233 g/mol. The number of hydrogen-bond acceptors (Lipinski definition) is 2. The van der Waals surface area contributed by atoms with Gasteiger partial charge < -0.3 is 10.4 Å². The highest BCUT2D eigenvalue weighted by Gasteiger charge is 2.26. The van der Waals surface area contributed by atoms with Crippen molar-refractivity contribution in [1.29, 1.82) is 0 Å². The molecule has 16 heavy (non-hydrogen) atoms. The van der Waals surface area contributed by atoms with Crippen LogP contribution < -0.4 is 5.32 Å². The summed E-state index contributed by atoms with van der Waals surface area (Å²) in [6.07, 6.45) is -4.19. The molecule has 0 radical (unpaired) electrons. The van der Waals surface area contributed by atoms with Crippen LogP contribution in [0.5, 0.6) is 5.75 Å². The second-order valence-corrected chi connectivity index (χ2v) is 3.80. The molecule has 0 aliphatic carbocycles. The van der Waals surface area contributed by atoms with Gasteiger partial charge in [-0.15, -0.1) is 0 Å². The fourth-order valence-corrected chi connectivity index (χ4v) is 1.50. The lowest BCUT2D eigenvalue weighted by Gasteiger charge is -2.10. The van der Waals surface area contributed by atoms with Crippen LogP contribution in [-0.4, -0.2) is 17.8 Å². The van der Waals surface area contributed by atoms with Gasteiger partial charge in [0.1, 0.15) is 5.75 Å². The van der Waals surface area contributed by atoms with Gasteiger partial charge in [-0.25, -0.2) is 0 Å². The van der Waals surface area contributed by atoms with E-state index >= 15 is 0 Å². The van der Waals surface area contributed by atoms with Gasteiger partial charge in [0.05, 0.1) is 6.54 Å². The lowest BCUT2D eigenvalue weighted by molar-refractivity contribution is -0.125. The zero-order valence-corrected chi connectivity index (χ0v) is 9.15. The molecule has 1 aromatic carbocycles. The molecule has 5 heteroatoms. The van der Waals surface area contributed by atoms with Crippen molar-refractivity contribution in [3.05, 3.63) is 28.8 Å². The van der Waals surface area contributed by atoms with Crippen molar-refractivity contribution in [2.75, 3.05) is 6.54 Å². The third-order valence-electron chi connectivity index (χ3n) is 2.21. The first kappa shape index (κ1) is 12.8. The largest absolute Gasteiger partial charge is 0.507 e. The Labute approximate surface area is 92.1 Å². The quantitative estimate of drug-likeness (QED) is 0.841. The Hall–Kier alpha value is -1.23. The van der Waals surface area contributed by atoms with Crippen molar-refractivity contribution in [2.24, 2.45) is 0 Å². The molecule has 0 aromatic heterocycles. The van der Waals surface area contributed by atoms with Gasteiger partial charge in [0.15, 0.2) is 0 Å². The van der Waals surface area contributed by atoms with Crippen LogP contribution in [-0.2, 0) is 6.54 Å². The van der Waals surface area contributed by atoms with Crippen LogP contribution >= 0.6 is 0 Å². The van der Waals surface area contributed by atoms with Crippen LogP contribution in [0.1, 0.15) is 16.7 Å². The van der Waals surface area contributed by atoms with Gasteiger partial charge >= 0.3 is 6.18 Å². The maximum atomic E-state index is 11.9. The second kappa shape index (κ2) is 4.74. The number of nitrogens with one attached hydrogen (secondary N) is 1. The number of rotatable bonds is 3. The van der Waals surface area contributed by atoms with Gasteiger partial charge in [-0.1, -0.05) is 12.1 Å². The van der Waals surface area contributed by atoms with E-state index in [1.807, 2.05) is 0 Å². The number of phenolic OH excluding ortho intramolecular Hbond substituents is 1. The first-order valence-electron chi connectivity index (χ1n) is 4.86. The fraction of sp³-hybridized carbons (Fsp3) is 0.455. The highest BCUT2D eigenvalue weighted by molar-refractivity contribution is 5.42. The lowest BCUT2D eigenvalue weighted by Crippen LogP contribution is -2.28. The maximum Gasteiger partial charge on any atom is 0.401 e. The van der Waals surface area contributed by atoms with E-state index in [1.54, 1.807) is 26.0 Å². The molecule has 0 spiro atoms. The van der Waals surface area contributed by atoms with Crippen molar-refractivity contribution in [1.82, 2.24) is 5.32 Å². The van der Waals surface area contributed by atoms with E-state index in [-0.39, 0.29) is 12.3 Å². The summed E-state index contributed by atoms with van der Waals surface area (Å²) in [5, 5.41) is 11.8. The second-order valence-electron chi connectivity index (χ2n) is 3.80. The summed E-state index contributed by atoms with van der Waals surface area (Å²) < 4.78 is 35.6. The Morgan fingerprint density at radius 3 is 2.12 bits per heavy atom. The van der Waals surface area contributed by atoms with Crippen molar-refractivity contribution in [3.8, 4) is 5.75 Å². The maximum absolute atomic E-state index is 11.9. The fourth-order valence-electron chi connectivity index (χ4n) is 1.50. The van der Waals surface area contributed by atoms with Crippen molar-refractivity contribution >= 4 is 0 Å². The van der Waals surface area contributed by atoms with Gasteiger partial charge in [0, 0.05) is 6.54 Å². The third kappa shape index (κ3) is 3.73. The summed E-state index contributed by atoms with van der Waals surface area (Å²) in [5.74, 6) is 0.194. The number of halogens is 3. The molecule has 2 nitrogen and oxygen atoms in total. The zero-order valence-electron chi connectivity index (χ0n) is 9.15. The van der Waals surface area contributed by atoms with E-state index in [1.165, 1.54) is 0 Å². The molecule has 0 unspecified atom stereocenters. The topological polar surface area (TPSA) is 32.3 Å². The molecule has 90 valence electrons. The van der Waals surface area contributed by atoms with E-state index in [0.29, 0.717) is 11.1 Å². The van der Waals surface area contributed by atoms with Gasteiger partial charge in [-0.2, -0.15) is 13.2 Å². The van der Waals surface area contributed by atoms with E-state index in [9.17, 15) is 18.3 Å². The molecule has 0 saturated carbocycles. The minimum atomic E-state index is -4.19. The summed E-state index contributed by atoms with van der Waals surface area (Å²) in [5.41, 5.74) is 2.07. The molecule has 0 atom stereocenters. The summed E-state index contributed by atoms with van der Waals surface area (Å²) in [4.78, 5) is 0. The average Bonchev–Trinajstić information content (AvgIpc) is 2.12. The zero-order chi connectivity index (χ0) is 12.3. The molecule has 0 amide bonds. The predicted molar refractivity (Wildman–Crippen MR) is 55.3 cm³/mol. The molecule has 1 rings (SSSR count). The molecule has 0 aliphatic heterocycles. The number of phenols is 1. The van der Waals surface area contributed by atoms with Crippen LogP contribution in [0.4, 0.5) is 13.2 Å². The number of alkyl halides is 3. The standard InChI is InChI=1S/C11H14F3NO/c1-7-3-9(4-8(2)10(7)16)5-15-6-11(12,13)14/h3-4,15-16H,5-6H2,1-2H3. The Morgan fingerprint density at radius 2 is 1.69 bits per heavy atom. The number of aryl methyl sites for hydroxylation is 2. The van der Waals surface area contributed by atoms with Gasteiger partial charge in [0.25, 0.3) is 0 Å². The molecule has 0 bridgehead atoms.